The number of nitrogens with two attached hydrogens (primary N) is 2. The molecule has 9 nitrogen and oxygen atoms in total. The number of amides is 1. The molecule has 5 N–H and O–H groups in total. The van der Waals surface area contributed by atoms with E-state index in [0.717, 1.165) is 24.8 Å². The normalized spacial score (nSPS) is 16.3. The number of carbonyl (C=O) groups excluding carboxylic acids is 1. The van der Waals surface area contributed by atoms with Crippen molar-refractivity contribution in [2.45, 2.75) is 12.5 Å². The summed E-state index contributed by atoms with van der Waals surface area (Å²) in [5.41, 5.74) is 13.3. The molecule has 0 radical (unpaired) electrons. The maximum atomic E-state index is 12.2. The average Bonchev–Trinajstić information content (AvgIpc) is 3.39. The van der Waals surface area contributed by atoms with Crippen LogP contribution in [-0.4, -0.2) is 51.3 Å². The first-order valence-corrected chi connectivity index (χ1v) is 10.6. The first-order valence-electron chi connectivity index (χ1n) is 10.6. The Morgan fingerprint density at radius 2 is 1.82 bits per heavy atom. The zero-order chi connectivity index (χ0) is 23.4. The molecule has 1 fully saturated rings. The summed E-state index contributed by atoms with van der Waals surface area (Å²) in [6, 6.07) is 16.6. The highest BCUT2D eigenvalue weighted by atomic mass is 16.5. The number of benzene rings is 2. The first-order chi connectivity index (χ1) is 15.9. The Morgan fingerprint density at radius 1 is 1.12 bits per heavy atom. The molecule has 170 valence electrons. The number of carboxylic acid groups (broad SMARTS) is 1. The number of anilines is 1. The van der Waals surface area contributed by atoms with Crippen molar-refractivity contribution in [3.63, 3.8) is 0 Å². The molecule has 1 unspecified atom stereocenters. The minimum Gasteiger partial charge on any atom is -0.478 e. The second-order valence-electron chi connectivity index (χ2n) is 7.80. The van der Waals surface area contributed by atoms with Crippen LogP contribution in [0, 0.1) is 0 Å². The van der Waals surface area contributed by atoms with E-state index in [-0.39, 0.29) is 17.4 Å². The zero-order valence-electron chi connectivity index (χ0n) is 17.9. The molecule has 1 amide bonds. The molecule has 33 heavy (non-hydrogen) atoms. The summed E-state index contributed by atoms with van der Waals surface area (Å²) in [7, 11) is 0. The lowest BCUT2D eigenvalue weighted by atomic mass is 10.1. The van der Waals surface area contributed by atoms with Gasteiger partial charge in [0.1, 0.15) is 28.6 Å². The number of aliphatic carboxylic acids is 1. The zero-order valence-corrected chi connectivity index (χ0v) is 17.9. The number of nitrogens with zero attached hydrogens (tertiary/aromatic N) is 3. The molecule has 1 aromatic heterocycles. The van der Waals surface area contributed by atoms with Gasteiger partial charge in [-0.2, -0.15) is 5.10 Å². The van der Waals surface area contributed by atoms with E-state index >= 15 is 0 Å². The molecule has 9 heteroatoms. The number of aromatic nitrogens is 2. The number of ether oxygens (including phenoxy) is 1. The van der Waals surface area contributed by atoms with Crippen molar-refractivity contribution in [2.75, 3.05) is 25.4 Å². The maximum Gasteiger partial charge on any atom is 0.328 e. The molecule has 1 atom stereocenters. The lowest BCUT2D eigenvalue weighted by Crippen LogP contribution is -2.23. The Kier molecular flexibility index (Phi) is 6.41. The molecule has 0 aliphatic carbocycles. The highest BCUT2D eigenvalue weighted by molar-refractivity contribution is 6.03. The summed E-state index contributed by atoms with van der Waals surface area (Å²) < 4.78 is 7.48. The van der Waals surface area contributed by atoms with Crippen LogP contribution in [0.5, 0.6) is 11.5 Å². The predicted octanol–water partition coefficient (Wildman–Crippen LogP) is 2.91. The third-order valence-corrected chi connectivity index (χ3v) is 5.52. The Bertz CT molecular complexity index is 1170. The summed E-state index contributed by atoms with van der Waals surface area (Å²) in [4.78, 5) is 25.0. The summed E-state index contributed by atoms with van der Waals surface area (Å²) in [5.74, 6) is -0.00921. The van der Waals surface area contributed by atoms with E-state index in [4.69, 9.17) is 21.3 Å². The van der Waals surface area contributed by atoms with Crippen LogP contribution < -0.4 is 16.2 Å². The molecular formula is C24H25N5O4. The van der Waals surface area contributed by atoms with Crippen molar-refractivity contribution in [1.82, 2.24) is 14.7 Å². The van der Waals surface area contributed by atoms with Crippen LogP contribution in [0.15, 0.2) is 66.7 Å². The van der Waals surface area contributed by atoms with Gasteiger partial charge >= 0.3 is 5.97 Å². The van der Waals surface area contributed by atoms with Crippen molar-refractivity contribution in [2.24, 2.45) is 5.73 Å². The third-order valence-electron chi connectivity index (χ3n) is 5.52. The monoisotopic (exact) mass is 447 g/mol. The number of hydrogen-bond donors (Lipinski definition) is 3. The van der Waals surface area contributed by atoms with Gasteiger partial charge in [-0.1, -0.05) is 24.3 Å². The van der Waals surface area contributed by atoms with Gasteiger partial charge in [-0.3, -0.25) is 9.69 Å². The highest BCUT2D eigenvalue weighted by Gasteiger charge is 2.29. The third kappa shape index (κ3) is 5.04. The average molecular weight is 447 g/mol. The van der Waals surface area contributed by atoms with Gasteiger partial charge < -0.3 is 21.3 Å². The number of rotatable bonds is 8. The molecule has 0 bridgehead atoms. The molecule has 2 heterocycles. The van der Waals surface area contributed by atoms with Crippen LogP contribution in [0.3, 0.4) is 0 Å². The van der Waals surface area contributed by atoms with Gasteiger partial charge in [-0.25, -0.2) is 9.48 Å². The highest BCUT2D eigenvalue weighted by Crippen LogP contribution is 2.33. The topological polar surface area (TPSA) is 137 Å². The first kappa shape index (κ1) is 22.1. The Hall–Kier alpha value is -4.11. The van der Waals surface area contributed by atoms with E-state index < -0.39 is 11.9 Å². The number of para-hydroxylation sites is 1. The quantitative estimate of drug-likeness (QED) is 0.452. The number of hydrogen-bond acceptors (Lipinski definition) is 6. The Morgan fingerprint density at radius 3 is 2.48 bits per heavy atom. The fourth-order valence-corrected chi connectivity index (χ4v) is 3.96. The number of carbonyl (C=O) groups is 2. The number of nitrogen functional groups attached to an aromatic ring is 1. The Labute approximate surface area is 190 Å². The molecule has 0 spiro atoms. The van der Waals surface area contributed by atoms with Crippen molar-refractivity contribution in [1.29, 1.82) is 0 Å². The maximum absolute atomic E-state index is 12.2. The molecule has 0 saturated carbocycles. The van der Waals surface area contributed by atoms with Crippen molar-refractivity contribution in [3.8, 4) is 22.8 Å². The smallest absolute Gasteiger partial charge is 0.328 e. The minimum absolute atomic E-state index is 0.0456. The van der Waals surface area contributed by atoms with Crippen molar-refractivity contribution >= 4 is 17.7 Å². The van der Waals surface area contributed by atoms with E-state index in [0.29, 0.717) is 30.1 Å². The van der Waals surface area contributed by atoms with Crippen LogP contribution in [0.25, 0.3) is 11.3 Å². The van der Waals surface area contributed by atoms with E-state index in [1.54, 1.807) is 22.9 Å². The van der Waals surface area contributed by atoms with E-state index in [1.807, 2.05) is 42.5 Å². The second-order valence-corrected chi connectivity index (χ2v) is 7.80. The van der Waals surface area contributed by atoms with Gasteiger partial charge in [0.15, 0.2) is 0 Å². The Balaban J connectivity index is 1.55. The predicted molar refractivity (Wildman–Crippen MR) is 124 cm³/mol. The van der Waals surface area contributed by atoms with Gasteiger partial charge in [0, 0.05) is 31.3 Å². The standard InChI is InChI=1S/C24H25N5O4/c25-23-21(24(26)32)22(16-8-10-19(11-9-16)33-18-5-2-1-3-6-18)27-29(23)17-12-14-28(15-17)13-4-7-20(30)31/h1-11,17H,12-15,25H2,(H2,26,32)(H,30,31)/b7-4+. The fraction of sp³-hybridized carbons (Fsp3) is 0.208. The summed E-state index contributed by atoms with van der Waals surface area (Å²) in [5, 5.41) is 13.4. The van der Waals surface area contributed by atoms with Crippen LogP contribution >= 0.6 is 0 Å². The minimum atomic E-state index is -0.974. The molecule has 1 saturated heterocycles. The largest absolute Gasteiger partial charge is 0.478 e. The van der Waals surface area contributed by atoms with Gasteiger partial charge in [0.05, 0.1) is 6.04 Å². The van der Waals surface area contributed by atoms with Gasteiger partial charge in [0.2, 0.25) is 0 Å². The molecule has 1 aliphatic heterocycles. The fourth-order valence-electron chi connectivity index (χ4n) is 3.96. The van der Waals surface area contributed by atoms with Crippen LogP contribution in [0.2, 0.25) is 0 Å². The second kappa shape index (κ2) is 9.58. The molecule has 1 aliphatic rings. The van der Waals surface area contributed by atoms with E-state index in [9.17, 15) is 9.59 Å². The molecular weight excluding hydrogens is 422 g/mol. The molecule has 3 aromatic rings. The summed E-state index contributed by atoms with van der Waals surface area (Å²) >= 11 is 0. The van der Waals surface area contributed by atoms with Gasteiger partial charge in [-0.15, -0.1) is 0 Å². The lowest BCUT2D eigenvalue weighted by molar-refractivity contribution is -0.131. The lowest BCUT2D eigenvalue weighted by Gasteiger charge is -2.15. The summed E-state index contributed by atoms with van der Waals surface area (Å²) in [6.45, 7) is 1.92. The number of carboxylic acids is 1. The molecule has 2 aromatic carbocycles. The van der Waals surface area contributed by atoms with Crippen LogP contribution in [-0.2, 0) is 4.79 Å². The van der Waals surface area contributed by atoms with Gasteiger partial charge in [-0.05, 0) is 42.8 Å². The SMILES string of the molecule is NC(=O)c1c(-c2ccc(Oc3ccccc3)cc2)nn(C2CCN(C/C=C/C(=O)O)C2)c1N. The van der Waals surface area contributed by atoms with Crippen LogP contribution in [0.1, 0.15) is 22.8 Å². The van der Waals surface area contributed by atoms with E-state index in [1.165, 1.54) is 0 Å². The molecule has 4 rings (SSSR count). The van der Waals surface area contributed by atoms with Gasteiger partial charge in [0.25, 0.3) is 5.91 Å². The van der Waals surface area contributed by atoms with E-state index in [2.05, 4.69) is 10.00 Å². The van der Waals surface area contributed by atoms with Crippen LogP contribution in [0.4, 0.5) is 5.82 Å². The van der Waals surface area contributed by atoms with Crippen molar-refractivity contribution in [3.05, 3.63) is 72.3 Å². The summed E-state index contributed by atoms with van der Waals surface area (Å²) in [6.07, 6.45) is 3.51. The number of primary amides is 1. The van der Waals surface area contributed by atoms with Crippen molar-refractivity contribution < 1.29 is 19.4 Å². The number of likely N-dealkylation sites (tertiary alicyclic amines) is 1.